The number of aliphatic hydroxyl groups excluding tert-OH is 2. The first-order chi connectivity index (χ1) is 29.5. The van der Waals surface area contributed by atoms with Crippen LogP contribution in [0.15, 0.2) is 72.9 Å². The van der Waals surface area contributed by atoms with E-state index in [1.807, 2.05) is 0 Å². The van der Waals surface area contributed by atoms with Gasteiger partial charge in [0.15, 0.2) is 0 Å². The van der Waals surface area contributed by atoms with E-state index in [-0.39, 0.29) is 24.9 Å². The molecular weight excluding hydrogens is 743 g/mol. The van der Waals surface area contributed by atoms with Gasteiger partial charge in [-0.2, -0.15) is 0 Å². The van der Waals surface area contributed by atoms with Crippen LogP contribution in [0.1, 0.15) is 233 Å². The molecule has 3 unspecified atom stereocenters. The molecule has 3 atom stereocenters. The number of amides is 1. The van der Waals surface area contributed by atoms with Crippen LogP contribution in [0.25, 0.3) is 0 Å². The number of hydrogen-bond donors (Lipinski definition) is 3. The van der Waals surface area contributed by atoms with Crippen molar-refractivity contribution in [2.24, 2.45) is 0 Å². The van der Waals surface area contributed by atoms with Crippen LogP contribution < -0.4 is 5.32 Å². The van der Waals surface area contributed by atoms with Crippen LogP contribution in [0.4, 0.5) is 0 Å². The van der Waals surface area contributed by atoms with Crippen molar-refractivity contribution in [3.05, 3.63) is 72.9 Å². The van der Waals surface area contributed by atoms with E-state index in [1.54, 1.807) is 0 Å². The first-order valence-corrected chi connectivity index (χ1v) is 25.2. The fraction of sp³-hybridized carbons (Fsp3) is 0.741. The molecule has 0 saturated heterocycles. The molecule has 1 amide bonds. The Morgan fingerprint density at radius 2 is 0.967 bits per heavy atom. The molecule has 0 spiro atoms. The highest BCUT2D eigenvalue weighted by Crippen LogP contribution is 2.17. The summed E-state index contributed by atoms with van der Waals surface area (Å²) >= 11 is 0. The Hall–Kier alpha value is -2.70. The van der Waals surface area contributed by atoms with Gasteiger partial charge in [0.05, 0.1) is 25.2 Å². The molecule has 0 aliphatic carbocycles. The summed E-state index contributed by atoms with van der Waals surface area (Å²) in [5.41, 5.74) is 0. The van der Waals surface area contributed by atoms with Gasteiger partial charge in [0, 0.05) is 6.42 Å². The second kappa shape index (κ2) is 47.4. The standard InChI is InChI=1S/C54H95NO5/c1-4-7-10-13-16-19-21-23-25-27-29-31-34-36-39-42-45-50(48-53(58)55-51(49-56)52(57)46-43-40-37-33-18-15-12-9-6-3)60-54(59)47-44-41-38-35-32-30-28-26-24-22-20-17-14-11-8-5-2/h8,11,17,20-21,23-27,29,31,50-52,56-57H,4-7,9-10,12-16,18-19,22,28,30,32-49H2,1-3H3,(H,55,58)/b11-8+,20-17+,23-21+,26-24+,27-25+,31-29+. The minimum absolute atomic E-state index is 0.0466. The van der Waals surface area contributed by atoms with Crippen LogP contribution >= 0.6 is 0 Å². The Kier molecular flexibility index (Phi) is 45.2. The third-order valence-electron chi connectivity index (χ3n) is 11.1. The molecular formula is C54H95NO5. The molecule has 0 heterocycles. The zero-order chi connectivity index (χ0) is 43.8. The van der Waals surface area contributed by atoms with Crippen molar-refractivity contribution in [3.63, 3.8) is 0 Å². The number of esters is 1. The molecule has 0 saturated carbocycles. The third kappa shape index (κ3) is 42.0. The number of hydrogen-bond acceptors (Lipinski definition) is 5. The van der Waals surface area contributed by atoms with E-state index in [2.05, 4.69) is 99.0 Å². The summed E-state index contributed by atoms with van der Waals surface area (Å²) in [7, 11) is 0. The van der Waals surface area contributed by atoms with Crippen molar-refractivity contribution in [1.29, 1.82) is 0 Å². The number of nitrogens with one attached hydrogen (secondary N) is 1. The van der Waals surface area contributed by atoms with Gasteiger partial charge in [0.1, 0.15) is 6.10 Å². The number of allylic oxidation sites excluding steroid dienone is 12. The Balaban J connectivity index is 4.69. The average molecular weight is 838 g/mol. The van der Waals surface area contributed by atoms with Gasteiger partial charge < -0.3 is 20.3 Å². The summed E-state index contributed by atoms with van der Waals surface area (Å²) in [6.45, 7) is 6.32. The molecule has 346 valence electrons. The lowest BCUT2D eigenvalue weighted by molar-refractivity contribution is -0.151. The molecule has 0 aromatic rings. The number of carbonyl (C=O) groups is 2. The SMILES string of the molecule is CC/C=C/C/C=C/C/C=C/CCCCCCCCC(=O)OC(CCCCC/C=C/C=C/C=C/CCCCCCC)CC(=O)NC(CO)C(O)CCCCCCCCCCC. The zero-order valence-electron chi connectivity index (χ0n) is 39.3. The fourth-order valence-electron chi connectivity index (χ4n) is 7.27. The summed E-state index contributed by atoms with van der Waals surface area (Å²) in [5, 5.41) is 23.7. The van der Waals surface area contributed by atoms with Crippen LogP contribution in [0.2, 0.25) is 0 Å². The van der Waals surface area contributed by atoms with Gasteiger partial charge in [-0.1, -0.05) is 209 Å². The average Bonchev–Trinajstić information content (AvgIpc) is 3.24. The van der Waals surface area contributed by atoms with E-state index in [9.17, 15) is 19.8 Å². The van der Waals surface area contributed by atoms with Crippen molar-refractivity contribution in [1.82, 2.24) is 5.32 Å². The van der Waals surface area contributed by atoms with Crippen molar-refractivity contribution >= 4 is 11.9 Å². The van der Waals surface area contributed by atoms with Crippen molar-refractivity contribution < 1.29 is 24.5 Å². The Labute approximate surface area is 371 Å². The first kappa shape index (κ1) is 57.3. The zero-order valence-corrected chi connectivity index (χ0v) is 39.3. The molecule has 6 heteroatoms. The monoisotopic (exact) mass is 838 g/mol. The fourth-order valence-corrected chi connectivity index (χ4v) is 7.27. The Morgan fingerprint density at radius 1 is 0.517 bits per heavy atom. The van der Waals surface area contributed by atoms with Gasteiger partial charge in [-0.25, -0.2) is 0 Å². The smallest absolute Gasteiger partial charge is 0.306 e. The third-order valence-corrected chi connectivity index (χ3v) is 11.1. The summed E-state index contributed by atoms with van der Waals surface area (Å²) in [5.74, 6) is -0.526. The van der Waals surface area contributed by atoms with Crippen LogP contribution in [0.3, 0.4) is 0 Å². The Morgan fingerprint density at radius 3 is 1.52 bits per heavy atom. The van der Waals surface area contributed by atoms with Crippen LogP contribution in [0.5, 0.6) is 0 Å². The first-order valence-electron chi connectivity index (χ1n) is 25.2. The molecule has 0 bridgehead atoms. The van der Waals surface area contributed by atoms with Gasteiger partial charge >= 0.3 is 5.97 Å². The van der Waals surface area contributed by atoms with E-state index in [1.165, 1.54) is 89.9 Å². The van der Waals surface area contributed by atoms with Gasteiger partial charge in [0.25, 0.3) is 0 Å². The Bertz CT molecular complexity index is 1120. The van der Waals surface area contributed by atoms with Gasteiger partial charge in [-0.15, -0.1) is 0 Å². The summed E-state index contributed by atoms with van der Waals surface area (Å²) in [4.78, 5) is 26.1. The minimum Gasteiger partial charge on any atom is -0.462 e. The lowest BCUT2D eigenvalue weighted by Gasteiger charge is -2.24. The largest absolute Gasteiger partial charge is 0.462 e. The van der Waals surface area contributed by atoms with Crippen LogP contribution in [-0.4, -0.2) is 46.9 Å². The highest BCUT2D eigenvalue weighted by atomic mass is 16.5. The number of rotatable bonds is 44. The lowest BCUT2D eigenvalue weighted by atomic mass is 10.0. The summed E-state index contributed by atoms with van der Waals surface area (Å²) < 4.78 is 5.91. The molecule has 0 radical (unpaired) electrons. The molecule has 0 aliphatic heterocycles. The molecule has 0 aromatic heterocycles. The second-order valence-electron chi connectivity index (χ2n) is 16.9. The van der Waals surface area contributed by atoms with E-state index in [0.717, 1.165) is 96.3 Å². The maximum atomic E-state index is 13.2. The predicted octanol–water partition coefficient (Wildman–Crippen LogP) is 15.0. The minimum atomic E-state index is -0.800. The summed E-state index contributed by atoms with van der Waals surface area (Å²) in [6.07, 6.45) is 59.6. The molecule has 3 N–H and O–H groups in total. The molecule has 0 rings (SSSR count). The molecule has 6 nitrogen and oxygen atoms in total. The van der Waals surface area contributed by atoms with E-state index in [0.29, 0.717) is 19.3 Å². The van der Waals surface area contributed by atoms with Crippen LogP contribution in [0, 0.1) is 0 Å². The molecule has 60 heavy (non-hydrogen) atoms. The van der Waals surface area contributed by atoms with Gasteiger partial charge in [0.2, 0.25) is 5.91 Å². The normalized spacial score (nSPS) is 13.9. The van der Waals surface area contributed by atoms with Crippen molar-refractivity contribution in [3.8, 4) is 0 Å². The van der Waals surface area contributed by atoms with Gasteiger partial charge in [-0.05, 0) is 83.5 Å². The molecule has 0 aliphatic rings. The number of aliphatic hydroxyl groups is 2. The molecule has 0 fully saturated rings. The maximum Gasteiger partial charge on any atom is 0.306 e. The topological polar surface area (TPSA) is 95.9 Å². The number of unbranched alkanes of at least 4 members (excludes halogenated alkanes) is 22. The van der Waals surface area contributed by atoms with E-state index < -0.39 is 18.2 Å². The van der Waals surface area contributed by atoms with E-state index in [4.69, 9.17) is 4.74 Å². The predicted molar refractivity (Wildman–Crippen MR) is 259 cm³/mol. The number of ether oxygens (including phenoxy) is 1. The van der Waals surface area contributed by atoms with Crippen molar-refractivity contribution in [2.45, 2.75) is 251 Å². The van der Waals surface area contributed by atoms with Crippen molar-refractivity contribution in [2.75, 3.05) is 6.61 Å². The van der Waals surface area contributed by atoms with Crippen LogP contribution in [-0.2, 0) is 14.3 Å². The number of carbonyl (C=O) groups excluding carboxylic acids is 2. The summed E-state index contributed by atoms with van der Waals surface area (Å²) in [6, 6.07) is -0.717. The maximum absolute atomic E-state index is 13.2. The highest BCUT2D eigenvalue weighted by Gasteiger charge is 2.24. The molecule has 0 aromatic carbocycles. The second-order valence-corrected chi connectivity index (χ2v) is 16.9. The highest BCUT2D eigenvalue weighted by molar-refractivity contribution is 5.77. The quantitative estimate of drug-likeness (QED) is 0.0246. The lowest BCUT2D eigenvalue weighted by Crippen LogP contribution is -2.46. The van der Waals surface area contributed by atoms with E-state index >= 15 is 0 Å². The van der Waals surface area contributed by atoms with Gasteiger partial charge in [-0.3, -0.25) is 9.59 Å².